The van der Waals surface area contributed by atoms with Crippen molar-refractivity contribution in [3.8, 4) is 0 Å². The third-order valence-electron chi connectivity index (χ3n) is 2.57. The summed E-state index contributed by atoms with van der Waals surface area (Å²) in [6.45, 7) is 4.00. The maximum absolute atomic E-state index is 11.7. The van der Waals surface area contributed by atoms with E-state index in [1.54, 1.807) is 19.3 Å². The Bertz CT molecular complexity index is 569. The number of pyridine rings is 1. The number of hydrogen-bond acceptors (Lipinski definition) is 6. The van der Waals surface area contributed by atoms with Crippen molar-refractivity contribution in [3.63, 3.8) is 0 Å². The average Bonchev–Trinajstić information content (AvgIpc) is 2.81. The average molecular weight is 277 g/mol. The molecule has 2 aromatic rings. The van der Waals surface area contributed by atoms with Crippen LogP contribution in [0.2, 0.25) is 0 Å². The zero-order chi connectivity index (χ0) is 13.8. The van der Waals surface area contributed by atoms with E-state index in [9.17, 15) is 4.79 Å². The van der Waals surface area contributed by atoms with Crippen LogP contribution in [0.3, 0.4) is 0 Å². The quantitative estimate of drug-likeness (QED) is 0.804. The first-order chi connectivity index (χ1) is 9.13. The van der Waals surface area contributed by atoms with E-state index >= 15 is 0 Å². The third kappa shape index (κ3) is 2.90. The SMILES string of the molecule is CCOC(=O)c1nc(N(C)c2cccnc2)sc1C. The molecule has 0 aliphatic heterocycles. The van der Waals surface area contributed by atoms with E-state index in [1.165, 1.54) is 11.3 Å². The fourth-order valence-electron chi connectivity index (χ4n) is 1.58. The molecular formula is C13H15N3O2S. The molecule has 100 valence electrons. The van der Waals surface area contributed by atoms with E-state index < -0.39 is 0 Å². The second kappa shape index (κ2) is 5.79. The number of carbonyl (C=O) groups is 1. The summed E-state index contributed by atoms with van der Waals surface area (Å²) < 4.78 is 4.98. The van der Waals surface area contributed by atoms with Crippen molar-refractivity contribution >= 4 is 28.1 Å². The zero-order valence-electron chi connectivity index (χ0n) is 11.1. The number of aromatic nitrogens is 2. The van der Waals surface area contributed by atoms with Crippen LogP contribution in [0.15, 0.2) is 24.5 Å². The lowest BCUT2D eigenvalue weighted by Gasteiger charge is -2.14. The summed E-state index contributed by atoms with van der Waals surface area (Å²) in [7, 11) is 1.89. The second-order valence-corrected chi connectivity index (χ2v) is 5.07. The molecule has 0 fully saturated rings. The highest BCUT2D eigenvalue weighted by atomic mass is 32.1. The second-order valence-electron chi connectivity index (χ2n) is 3.89. The summed E-state index contributed by atoms with van der Waals surface area (Å²) >= 11 is 1.46. The van der Waals surface area contributed by atoms with E-state index in [1.807, 2.05) is 31.0 Å². The normalized spacial score (nSPS) is 10.3. The molecule has 19 heavy (non-hydrogen) atoms. The van der Waals surface area contributed by atoms with Crippen LogP contribution in [-0.4, -0.2) is 29.6 Å². The van der Waals surface area contributed by atoms with Gasteiger partial charge in [0.05, 0.1) is 18.5 Å². The number of carbonyl (C=O) groups excluding carboxylic acids is 1. The summed E-state index contributed by atoms with van der Waals surface area (Å²) in [6, 6.07) is 3.80. The molecule has 0 N–H and O–H groups in total. The molecule has 0 saturated heterocycles. The fraction of sp³-hybridized carbons (Fsp3) is 0.308. The van der Waals surface area contributed by atoms with Crippen molar-refractivity contribution in [1.29, 1.82) is 0 Å². The molecule has 5 nitrogen and oxygen atoms in total. The number of hydrogen-bond donors (Lipinski definition) is 0. The smallest absolute Gasteiger partial charge is 0.358 e. The first-order valence-electron chi connectivity index (χ1n) is 5.91. The summed E-state index contributed by atoms with van der Waals surface area (Å²) in [6.07, 6.45) is 3.47. The van der Waals surface area contributed by atoms with Crippen LogP contribution in [-0.2, 0) is 4.74 Å². The molecule has 2 rings (SSSR count). The molecule has 0 saturated carbocycles. The van der Waals surface area contributed by atoms with Gasteiger partial charge in [0, 0.05) is 18.1 Å². The minimum Gasteiger partial charge on any atom is -0.461 e. The van der Waals surface area contributed by atoms with Gasteiger partial charge < -0.3 is 9.64 Å². The van der Waals surface area contributed by atoms with E-state index in [4.69, 9.17) is 4.74 Å². The highest BCUT2D eigenvalue weighted by Crippen LogP contribution is 2.29. The highest BCUT2D eigenvalue weighted by Gasteiger charge is 2.18. The minimum atomic E-state index is -0.373. The first-order valence-corrected chi connectivity index (χ1v) is 6.73. The van der Waals surface area contributed by atoms with Crippen LogP contribution in [0.4, 0.5) is 10.8 Å². The third-order valence-corrected chi connectivity index (χ3v) is 3.62. The zero-order valence-corrected chi connectivity index (χ0v) is 11.9. The lowest BCUT2D eigenvalue weighted by Crippen LogP contribution is -2.11. The van der Waals surface area contributed by atoms with Gasteiger partial charge in [0.2, 0.25) is 0 Å². The molecular weight excluding hydrogens is 262 g/mol. The molecule has 0 atom stereocenters. The molecule has 0 aliphatic carbocycles. The summed E-state index contributed by atoms with van der Waals surface area (Å²) in [5, 5.41) is 0.744. The maximum Gasteiger partial charge on any atom is 0.358 e. The minimum absolute atomic E-state index is 0.351. The van der Waals surface area contributed by atoms with Crippen molar-refractivity contribution in [1.82, 2.24) is 9.97 Å². The van der Waals surface area contributed by atoms with Gasteiger partial charge in [-0.15, -0.1) is 11.3 Å². The lowest BCUT2D eigenvalue weighted by molar-refractivity contribution is 0.0519. The van der Waals surface area contributed by atoms with Crippen molar-refractivity contribution < 1.29 is 9.53 Å². The molecule has 2 aromatic heterocycles. The number of thiazole rings is 1. The maximum atomic E-state index is 11.7. The van der Waals surface area contributed by atoms with Gasteiger partial charge in [-0.2, -0.15) is 0 Å². The molecule has 0 radical (unpaired) electrons. The van der Waals surface area contributed by atoms with Gasteiger partial charge in [-0.25, -0.2) is 9.78 Å². The van der Waals surface area contributed by atoms with Crippen molar-refractivity contribution in [2.45, 2.75) is 13.8 Å². The van der Waals surface area contributed by atoms with Crippen molar-refractivity contribution in [2.75, 3.05) is 18.6 Å². The summed E-state index contributed by atoms with van der Waals surface area (Å²) in [5.41, 5.74) is 1.31. The van der Waals surface area contributed by atoms with E-state index in [0.717, 1.165) is 15.7 Å². The Morgan fingerprint density at radius 1 is 1.53 bits per heavy atom. The van der Waals surface area contributed by atoms with Crippen LogP contribution in [0.5, 0.6) is 0 Å². The van der Waals surface area contributed by atoms with Crippen LogP contribution >= 0.6 is 11.3 Å². The van der Waals surface area contributed by atoms with Crippen LogP contribution in [0.1, 0.15) is 22.3 Å². The van der Waals surface area contributed by atoms with Gasteiger partial charge >= 0.3 is 5.97 Å². The number of anilines is 2. The largest absolute Gasteiger partial charge is 0.461 e. The molecule has 0 unspecified atom stereocenters. The first kappa shape index (κ1) is 13.5. The predicted molar refractivity (Wildman–Crippen MR) is 75.1 cm³/mol. The molecule has 0 amide bonds. The number of ether oxygens (including phenoxy) is 1. The predicted octanol–water partition coefficient (Wildman–Crippen LogP) is 2.79. The van der Waals surface area contributed by atoms with E-state index in [0.29, 0.717) is 12.3 Å². The monoisotopic (exact) mass is 277 g/mol. The lowest BCUT2D eigenvalue weighted by atomic mass is 10.4. The number of rotatable bonds is 4. The van der Waals surface area contributed by atoms with Crippen LogP contribution in [0.25, 0.3) is 0 Å². The van der Waals surface area contributed by atoms with Gasteiger partial charge in [-0.05, 0) is 26.0 Å². The Morgan fingerprint density at radius 2 is 2.32 bits per heavy atom. The molecule has 2 heterocycles. The van der Waals surface area contributed by atoms with Crippen molar-refractivity contribution in [3.05, 3.63) is 35.1 Å². The van der Waals surface area contributed by atoms with Gasteiger partial charge in [0.15, 0.2) is 10.8 Å². The van der Waals surface area contributed by atoms with Gasteiger partial charge in [-0.3, -0.25) is 4.98 Å². The fourth-order valence-corrected chi connectivity index (χ4v) is 2.46. The van der Waals surface area contributed by atoms with Crippen molar-refractivity contribution in [2.24, 2.45) is 0 Å². The molecule has 0 spiro atoms. The summed E-state index contributed by atoms with van der Waals surface area (Å²) in [4.78, 5) is 22.9. The Hall–Kier alpha value is -1.95. The van der Waals surface area contributed by atoms with Crippen LogP contribution < -0.4 is 4.90 Å². The Kier molecular flexibility index (Phi) is 4.11. The van der Waals surface area contributed by atoms with Gasteiger partial charge in [0.25, 0.3) is 0 Å². The molecule has 0 aliphatic rings. The number of nitrogens with zero attached hydrogens (tertiary/aromatic N) is 3. The Balaban J connectivity index is 2.27. The number of esters is 1. The summed E-state index contributed by atoms with van der Waals surface area (Å²) in [5.74, 6) is -0.373. The standard InChI is InChI=1S/C13H15N3O2S/c1-4-18-12(17)11-9(2)19-13(15-11)16(3)10-6-5-7-14-8-10/h5-8H,4H2,1-3H3. The Labute approximate surface area is 115 Å². The van der Waals surface area contributed by atoms with Gasteiger partial charge in [0.1, 0.15) is 0 Å². The van der Waals surface area contributed by atoms with Crippen LogP contribution in [0, 0.1) is 6.92 Å². The Morgan fingerprint density at radius 3 is 2.95 bits per heavy atom. The highest BCUT2D eigenvalue weighted by molar-refractivity contribution is 7.15. The number of aryl methyl sites for hydroxylation is 1. The molecule has 0 bridgehead atoms. The topological polar surface area (TPSA) is 55.3 Å². The van der Waals surface area contributed by atoms with E-state index in [-0.39, 0.29) is 5.97 Å². The van der Waals surface area contributed by atoms with Gasteiger partial charge in [-0.1, -0.05) is 0 Å². The molecule has 6 heteroatoms. The van der Waals surface area contributed by atoms with E-state index in [2.05, 4.69) is 9.97 Å². The molecule has 0 aromatic carbocycles.